The Kier molecular flexibility index (Phi) is 6.73. The second-order valence-electron chi connectivity index (χ2n) is 6.25. The van der Waals surface area contributed by atoms with Gasteiger partial charge in [-0.1, -0.05) is 24.3 Å². The fraction of sp³-hybridized carbons (Fsp3) is 0.0952. The standard InChI is InChI=1S/C21H18F2N2O3S2/c1-25(16-7-3-2-4-8-16)30(27,28)18-9-5-6-15(12-18)24-21(26)14-29-17-10-11-19(22)20(23)13-17/h2-13H,14H2,1H3,(H,24,26). The van der Waals surface area contributed by atoms with Crippen molar-refractivity contribution >= 4 is 39.1 Å². The first-order valence-corrected chi connectivity index (χ1v) is 11.2. The van der Waals surface area contributed by atoms with E-state index in [1.807, 2.05) is 0 Å². The number of nitrogens with one attached hydrogen (secondary N) is 1. The van der Waals surface area contributed by atoms with E-state index in [4.69, 9.17) is 0 Å². The number of para-hydroxylation sites is 1. The Hall–Kier alpha value is -2.91. The van der Waals surface area contributed by atoms with Crippen LogP contribution in [-0.2, 0) is 14.8 Å². The highest BCUT2D eigenvalue weighted by molar-refractivity contribution is 8.00. The van der Waals surface area contributed by atoms with Crippen molar-refractivity contribution < 1.29 is 22.0 Å². The van der Waals surface area contributed by atoms with Crippen molar-refractivity contribution in [3.05, 3.63) is 84.4 Å². The molecule has 0 bridgehead atoms. The lowest BCUT2D eigenvalue weighted by atomic mass is 10.3. The van der Waals surface area contributed by atoms with Crippen molar-refractivity contribution in [2.24, 2.45) is 0 Å². The van der Waals surface area contributed by atoms with Gasteiger partial charge in [-0.3, -0.25) is 9.10 Å². The molecular formula is C21H18F2N2O3S2. The molecule has 0 aromatic heterocycles. The Balaban J connectivity index is 1.68. The van der Waals surface area contributed by atoms with E-state index in [2.05, 4.69) is 5.32 Å². The van der Waals surface area contributed by atoms with E-state index >= 15 is 0 Å². The number of anilines is 2. The summed E-state index contributed by atoms with van der Waals surface area (Å²) in [5.74, 6) is -2.40. The minimum Gasteiger partial charge on any atom is -0.325 e. The largest absolute Gasteiger partial charge is 0.325 e. The molecule has 0 radical (unpaired) electrons. The van der Waals surface area contributed by atoms with Crippen molar-refractivity contribution in [1.82, 2.24) is 0 Å². The highest BCUT2D eigenvalue weighted by Crippen LogP contribution is 2.24. The zero-order valence-corrected chi connectivity index (χ0v) is 17.5. The van der Waals surface area contributed by atoms with Crippen LogP contribution in [0.3, 0.4) is 0 Å². The molecule has 3 rings (SSSR count). The molecule has 9 heteroatoms. The van der Waals surface area contributed by atoms with Crippen LogP contribution in [0.5, 0.6) is 0 Å². The molecule has 0 aliphatic rings. The summed E-state index contributed by atoms with van der Waals surface area (Å²) in [5.41, 5.74) is 0.822. The minimum absolute atomic E-state index is 0.0277. The van der Waals surface area contributed by atoms with Gasteiger partial charge in [0.15, 0.2) is 11.6 Å². The van der Waals surface area contributed by atoms with E-state index in [0.29, 0.717) is 16.3 Å². The van der Waals surface area contributed by atoms with E-state index in [-0.39, 0.29) is 10.6 Å². The maximum Gasteiger partial charge on any atom is 0.264 e. The topological polar surface area (TPSA) is 66.5 Å². The minimum atomic E-state index is -3.81. The molecule has 5 nitrogen and oxygen atoms in total. The summed E-state index contributed by atoms with van der Waals surface area (Å²) in [6.45, 7) is 0. The molecule has 0 unspecified atom stereocenters. The van der Waals surface area contributed by atoms with Crippen LogP contribution in [-0.4, -0.2) is 27.1 Å². The number of halogens is 2. The number of thioether (sulfide) groups is 1. The maximum atomic E-state index is 13.2. The first-order chi connectivity index (χ1) is 14.3. The first kappa shape index (κ1) is 21.8. The average Bonchev–Trinajstić information content (AvgIpc) is 2.75. The SMILES string of the molecule is CN(c1ccccc1)S(=O)(=O)c1cccc(NC(=O)CSc2ccc(F)c(F)c2)c1. The van der Waals surface area contributed by atoms with E-state index in [1.165, 1.54) is 31.3 Å². The van der Waals surface area contributed by atoms with E-state index < -0.39 is 27.6 Å². The molecule has 0 spiro atoms. The number of amides is 1. The van der Waals surface area contributed by atoms with Crippen molar-refractivity contribution in [3.63, 3.8) is 0 Å². The number of nitrogens with zero attached hydrogens (tertiary/aromatic N) is 1. The molecule has 30 heavy (non-hydrogen) atoms. The number of carbonyl (C=O) groups excluding carboxylic acids is 1. The molecule has 1 N–H and O–H groups in total. The van der Waals surface area contributed by atoms with Crippen LogP contribution in [0.2, 0.25) is 0 Å². The summed E-state index contributed by atoms with van der Waals surface area (Å²) in [7, 11) is -2.36. The van der Waals surface area contributed by atoms with Gasteiger partial charge in [0, 0.05) is 17.6 Å². The summed E-state index contributed by atoms with van der Waals surface area (Å²) < 4.78 is 53.1. The Morgan fingerprint density at radius 1 is 0.967 bits per heavy atom. The molecule has 156 valence electrons. The van der Waals surface area contributed by atoms with Gasteiger partial charge in [0.2, 0.25) is 5.91 Å². The van der Waals surface area contributed by atoms with Gasteiger partial charge in [-0.25, -0.2) is 17.2 Å². The molecule has 1 amide bonds. The second kappa shape index (κ2) is 9.27. The van der Waals surface area contributed by atoms with E-state index in [1.54, 1.807) is 36.4 Å². The van der Waals surface area contributed by atoms with Gasteiger partial charge in [-0.05, 0) is 48.5 Å². The molecule has 0 heterocycles. The van der Waals surface area contributed by atoms with E-state index in [0.717, 1.165) is 28.2 Å². The summed E-state index contributed by atoms with van der Waals surface area (Å²) in [6, 6.07) is 17.9. The third kappa shape index (κ3) is 5.17. The van der Waals surface area contributed by atoms with Crippen LogP contribution < -0.4 is 9.62 Å². The van der Waals surface area contributed by atoms with E-state index in [9.17, 15) is 22.0 Å². The van der Waals surface area contributed by atoms with Gasteiger partial charge in [-0.2, -0.15) is 0 Å². The number of hydrogen-bond acceptors (Lipinski definition) is 4. The van der Waals surface area contributed by atoms with Crippen LogP contribution >= 0.6 is 11.8 Å². The van der Waals surface area contributed by atoms with Crippen LogP contribution in [0.15, 0.2) is 82.6 Å². The van der Waals surface area contributed by atoms with Gasteiger partial charge in [0.25, 0.3) is 10.0 Å². The normalized spacial score (nSPS) is 11.2. The Morgan fingerprint density at radius 3 is 2.40 bits per heavy atom. The number of carbonyl (C=O) groups is 1. The number of hydrogen-bond donors (Lipinski definition) is 1. The van der Waals surface area contributed by atoms with Gasteiger partial charge in [0.05, 0.1) is 16.3 Å². The smallest absolute Gasteiger partial charge is 0.264 e. The zero-order chi connectivity index (χ0) is 21.7. The van der Waals surface area contributed by atoms with Gasteiger partial charge < -0.3 is 5.32 Å². The Bertz CT molecular complexity index is 1160. The quantitative estimate of drug-likeness (QED) is 0.540. The van der Waals surface area contributed by atoms with Gasteiger partial charge in [-0.15, -0.1) is 11.8 Å². The molecule has 3 aromatic rings. The lowest BCUT2D eigenvalue weighted by Crippen LogP contribution is -2.26. The third-order valence-electron chi connectivity index (χ3n) is 4.16. The van der Waals surface area contributed by atoms with Crippen molar-refractivity contribution in [2.75, 3.05) is 22.4 Å². The summed E-state index contributed by atoms with van der Waals surface area (Å²) in [6.07, 6.45) is 0. The maximum absolute atomic E-state index is 13.2. The third-order valence-corrected chi connectivity index (χ3v) is 6.93. The molecule has 0 aliphatic carbocycles. The van der Waals surface area contributed by atoms with Crippen LogP contribution in [0.1, 0.15) is 0 Å². The van der Waals surface area contributed by atoms with Crippen molar-refractivity contribution in [3.8, 4) is 0 Å². The molecule has 0 fully saturated rings. The van der Waals surface area contributed by atoms with Crippen molar-refractivity contribution in [1.29, 1.82) is 0 Å². The van der Waals surface area contributed by atoms with Crippen molar-refractivity contribution in [2.45, 2.75) is 9.79 Å². The summed E-state index contributed by atoms with van der Waals surface area (Å²) in [5, 5.41) is 2.62. The predicted molar refractivity (Wildman–Crippen MR) is 114 cm³/mol. The lowest BCUT2D eigenvalue weighted by Gasteiger charge is -2.19. The molecule has 0 saturated heterocycles. The summed E-state index contributed by atoms with van der Waals surface area (Å²) in [4.78, 5) is 12.6. The highest BCUT2D eigenvalue weighted by Gasteiger charge is 2.21. The predicted octanol–water partition coefficient (Wildman–Crippen LogP) is 4.52. The fourth-order valence-corrected chi connectivity index (χ4v) is 4.54. The fourth-order valence-electron chi connectivity index (χ4n) is 2.58. The molecule has 0 atom stereocenters. The number of benzene rings is 3. The Labute approximate surface area is 177 Å². The van der Waals surface area contributed by atoms with Gasteiger partial charge in [0.1, 0.15) is 0 Å². The number of rotatable bonds is 7. The Morgan fingerprint density at radius 2 is 1.70 bits per heavy atom. The molecule has 3 aromatic carbocycles. The molecule has 0 aliphatic heterocycles. The number of sulfonamides is 1. The van der Waals surface area contributed by atoms with Gasteiger partial charge >= 0.3 is 0 Å². The lowest BCUT2D eigenvalue weighted by molar-refractivity contribution is -0.113. The summed E-state index contributed by atoms with van der Waals surface area (Å²) >= 11 is 1.04. The average molecular weight is 449 g/mol. The van der Waals surface area contributed by atoms with Crippen LogP contribution in [0.25, 0.3) is 0 Å². The van der Waals surface area contributed by atoms with Crippen LogP contribution in [0.4, 0.5) is 20.2 Å². The second-order valence-corrected chi connectivity index (χ2v) is 9.27. The van der Waals surface area contributed by atoms with Crippen LogP contribution in [0, 0.1) is 11.6 Å². The zero-order valence-electron chi connectivity index (χ0n) is 15.9. The first-order valence-electron chi connectivity index (χ1n) is 8.79. The highest BCUT2D eigenvalue weighted by atomic mass is 32.2. The molecular weight excluding hydrogens is 430 g/mol. The monoisotopic (exact) mass is 448 g/mol. The molecule has 0 saturated carbocycles.